The van der Waals surface area contributed by atoms with Crippen molar-refractivity contribution in [3.05, 3.63) is 58.1 Å². The minimum atomic E-state index is 1.22. The Morgan fingerprint density at radius 3 is 2.56 bits per heavy atom. The standard InChI is InChI=1S/C16H13BrS/c1-10-7-8-13-14(9-10)18-16(15(13)17)12-6-4-3-5-11(12)2/h3-9H,1-2H3. The Labute approximate surface area is 119 Å². The Balaban J connectivity index is 2.31. The normalized spacial score (nSPS) is 11.1. The third kappa shape index (κ3) is 1.90. The highest BCUT2D eigenvalue weighted by Gasteiger charge is 2.12. The molecule has 2 heteroatoms. The molecule has 0 fully saturated rings. The van der Waals surface area contributed by atoms with Gasteiger partial charge in [0.2, 0.25) is 0 Å². The molecule has 0 nitrogen and oxygen atoms in total. The Bertz CT molecular complexity index is 725. The van der Waals surface area contributed by atoms with Crippen molar-refractivity contribution < 1.29 is 0 Å². The Hall–Kier alpha value is -1.12. The monoisotopic (exact) mass is 316 g/mol. The summed E-state index contributed by atoms with van der Waals surface area (Å²) in [6.07, 6.45) is 0. The molecular weight excluding hydrogens is 304 g/mol. The zero-order valence-corrected chi connectivity index (χ0v) is 12.7. The molecule has 0 atom stereocenters. The minimum Gasteiger partial charge on any atom is -0.134 e. The molecular formula is C16H13BrS. The number of hydrogen-bond donors (Lipinski definition) is 0. The van der Waals surface area contributed by atoms with E-state index in [1.807, 2.05) is 11.3 Å². The van der Waals surface area contributed by atoms with Gasteiger partial charge in [-0.3, -0.25) is 0 Å². The number of benzene rings is 2. The zero-order chi connectivity index (χ0) is 12.7. The molecule has 3 rings (SSSR count). The topological polar surface area (TPSA) is 0 Å². The van der Waals surface area contributed by atoms with Crippen LogP contribution in [0.2, 0.25) is 0 Å². The molecule has 0 saturated heterocycles. The van der Waals surface area contributed by atoms with Gasteiger partial charge in [-0.15, -0.1) is 11.3 Å². The van der Waals surface area contributed by atoms with E-state index in [1.54, 1.807) is 0 Å². The van der Waals surface area contributed by atoms with Crippen LogP contribution in [-0.4, -0.2) is 0 Å². The first kappa shape index (κ1) is 11.9. The fourth-order valence-electron chi connectivity index (χ4n) is 2.17. The van der Waals surface area contributed by atoms with Gasteiger partial charge in [-0.05, 0) is 52.5 Å². The SMILES string of the molecule is Cc1ccc2c(Br)c(-c3ccccc3C)sc2c1. The predicted octanol–water partition coefficient (Wildman–Crippen LogP) is 5.95. The Morgan fingerprint density at radius 1 is 1.00 bits per heavy atom. The van der Waals surface area contributed by atoms with Gasteiger partial charge in [0.15, 0.2) is 0 Å². The van der Waals surface area contributed by atoms with Crippen LogP contribution in [0.5, 0.6) is 0 Å². The third-order valence-corrected chi connectivity index (χ3v) is 5.45. The molecule has 0 aliphatic rings. The highest BCUT2D eigenvalue weighted by atomic mass is 79.9. The second-order valence-electron chi connectivity index (χ2n) is 4.56. The van der Waals surface area contributed by atoms with Crippen LogP contribution in [0.25, 0.3) is 20.5 Å². The van der Waals surface area contributed by atoms with Crippen LogP contribution in [0.4, 0.5) is 0 Å². The molecule has 0 unspecified atom stereocenters. The lowest BCUT2D eigenvalue weighted by Crippen LogP contribution is -1.78. The second-order valence-corrected chi connectivity index (χ2v) is 6.40. The van der Waals surface area contributed by atoms with Gasteiger partial charge in [-0.2, -0.15) is 0 Å². The van der Waals surface area contributed by atoms with Gasteiger partial charge in [-0.25, -0.2) is 0 Å². The van der Waals surface area contributed by atoms with Crippen LogP contribution >= 0.6 is 27.3 Å². The number of rotatable bonds is 1. The maximum atomic E-state index is 3.76. The molecule has 3 aromatic rings. The van der Waals surface area contributed by atoms with Crippen molar-refractivity contribution in [2.24, 2.45) is 0 Å². The molecule has 0 spiro atoms. The molecule has 0 saturated carbocycles. The van der Waals surface area contributed by atoms with Crippen molar-refractivity contribution in [1.82, 2.24) is 0 Å². The van der Waals surface area contributed by atoms with E-state index in [9.17, 15) is 0 Å². The molecule has 1 heterocycles. The van der Waals surface area contributed by atoms with E-state index in [4.69, 9.17) is 0 Å². The summed E-state index contributed by atoms with van der Waals surface area (Å²) in [4.78, 5) is 1.33. The summed E-state index contributed by atoms with van der Waals surface area (Å²) in [5, 5.41) is 1.31. The lowest BCUT2D eigenvalue weighted by atomic mass is 10.1. The van der Waals surface area contributed by atoms with Gasteiger partial charge < -0.3 is 0 Å². The van der Waals surface area contributed by atoms with Gasteiger partial charge >= 0.3 is 0 Å². The number of hydrogen-bond acceptors (Lipinski definition) is 1. The first-order valence-electron chi connectivity index (χ1n) is 5.91. The van der Waals surface area contributed by atoms with Gasteiger partial charge in [0.25, 0.3) is 0 Å². The van der Waals surface area contributed by atoms with Crippen molar-refractivity contribution in [3.8, 4) is 10.4 Å². The van der Waals surface area contributed by atoms with Crippen LogP contribution < -0.4 is 0 Å². The summed E-state index contributed by atoms with van der Waals surface area (Å²) in [5.74, 6) is 0. The number of fused-ring (bicyclic) bond motifs is 1. The Kier molecular flexibility index (Phi) is 3.00. The van der Waals surface area contributed by atoms with Crippen LogP contribution in [-0.2, 0) is 0 Å². The molecule has 0 aliphatic carbocycles. The molecule has 0 amide bonds. The molecule has 0 bridgehead atoms. The average Bonchev–Trinajstić information content (AvgIpc) is 2.67. The van der Waals surface area contributed by atoms with Crippen LogP contribution in [0.15, 0.2) is 46.9 Å². The van der Waals surface area contributed by atoms with E-state index in [2.05, 4.69) is 72.2 Å². The predicted molar refractivity (Wildman–Crippen MR) is 84.4 cm³/mol. The summed E-state index contributed by atoms with van der Waals surface area (Å²) < 4.78 is 2.57. The van der Waals surface area contributed by atoms with Gasteiger partial charge in [0, 0.05) is 19.4 Å². The molecule has 90 valence electrons. The van der Waals surface area contributed by atoms with E-state index < -0.39 is 0 Å². The summed E-state index contributed by atoms with van der Waals surface area (Å²) >= 11 is 5.62. The van der Waals surface area contributed by atoms with Crippen LogP contribution in [0, 0.1) is 13.8 Å². The zero-order valence-electron chi connectivity index (χ0n) is 10.3. The average molecular weight is 317 g/mol. The molecule has 18 heavy (non-hydrogen) atoms. The van der Waals surface area contributed by atoms with E-state index >= 15 is 0 Å². The number of aryl methyl sites for hydroxylation is 2. The van der Waals surface area contributed by atoms with Crippen molar-refractivity contribution in [2.75, 3.05) is 0 Å². The first-order chi connectivity index (χ1) is 8.66. The molecule has 0 radical (unpaired) electrons. The van der Waals surface area contributed by atoms with Gasteiger partial charge in [0.1, 0.15) is 0 Å². The smallest absolute Gasteiger partial charge is 0.0500 e. The van der Waals surface area contributed by atoms with E-state index in [0.29, 0.717) is 0 Å². The van der Waals surface area contributed by atoms with Crippen LogP contribution in [0.1, 0.15) is 11.1 Å². The molecule has 1 aromatic heterocycles. The number of halogens is 1. The highest BCUT2D eigenvalue weighted by Crippen LogP contribution is 2.43. The fraction of sp³-hybridized carbons (Fsp3) is 0.125. The summed E-state index contributed by atoms with van der Waals surface area (Å²) in [5.41, 5.74) is 3.96. The largest absolute Gasteiger partial charge is 0.134 e. The quantitative estimate of drug-likeness (QED) is 0.520. The van der Waals surface area contributed by atoms with Crippen molar-refractivity contribution in [1.29, 1.82) is 0 Å². The Morgan fingerprint density at radius 2 is 1.78 bits per heavy atom. The molecule has 2 aromatic carbocycles. The molecule has 0 aliphatic heterocycles. The third-order valence-electron chi connectivity index (χ3n) is 3.17. The first-order valence-corrected chi connectivity index (χ1v) is 7.52. The van der Waals surface area contributed by atoms with E-state index in [-0.39, 0.29) is 0 Å². The fourth-order valence-corrected chi connectivity index (χ4v) is 4.39. The van der Waals surface area contributed by atoms with E-state index in [0.717, 1.165) is 0 Å². The maximum absolute atomic E-state index is 3.76. The second kappa shape index (κ2) is 4.52. The van der Waals surface area contributed by atoms with Crippen molar-refractivity contribution in [3.63, 3.8) is 0 Å². The van der Waals surface area contributed by atoms with Crippen molar-refractivity contribution in [2.45, 2.75) is 13.8 Å². The lowest BCUT2D eigenvalue weighted by molar-refractivity contribution is 1.47. The maximum Gasteiger partial charge on any atom is 0.0500 e. The number of thiophene rings is 1. The highest BCUT2D eigenvalue weighted by molar-refractivity contribution is 9.10. The summed E-state index contributed by atoms with van der Waals surface area (Å²) in [6.45, 7) is 4.30. The molecule has 0 N–H and O–H groups in total. The van der Waals surface area contributed by atoms with Crippen molar-refractivity contribution >= 4 is 37.4 Å². The van der Waals surface area contributed by atoms with Gasteiger partial charge in [0.05, 0.1) is 0 Å². The van der Waals surface area contributed by atoms with E-state index in [1.165, 1.54) is 36.1 Å². The summed E-state index contributed by atoms with van der Waals surface area (Å²) in [6, 6.07) is 15.2. The lowest BCUT2D eigenvalue weighted by Gasteiger charge is -2.02. The summed E-state index contributed by atoms with van der Waals surface area (Å²) in [7, 11) is 0. The van der Waals surface area contributed by atoms with Gasteiger partial charge in [-0.1, -0.05) is 36.4 Å². The minimum absolute atomic E-state index is 1.22. The van der Waals surface area contributed by atoms with Crippen LogP contribution in [0.3, 0.4) is 0 Å².